The lowest BCUT2D eigenvalue weighted by Gasteiger charge is -2.02. The molecule has 0 unspecified atom stereocenters. The number of hydrogen-bond acceptors (Lipinski definition) is 1. The summed E-state index contributed by atoms with van der Waals surface area (Å²) >= 11 is 0. The van der Waals surface area contributed by atoms with Crippen molar-refractivity contribution < 1.29 is 4.73 Å². The highest BCUT2D eigenvalue weighted by molar-refractivity contribution is 5.82. The Bertz CT molecular complexity index is 423. The van der Waals surface area contributed by atoms with E-state index in [1.54, 1.807) is 6.07 Å². The highest BCUT2D eigenvalue weighted by Gasteiger charge is 2.03. The van der Waals surface area contributed by atoms with E-state index in [0.29, 0.717) is 0 Å². The van der Waals surface area contributed by atoms with Gasteiger partial charge in [0.05, 0.1) is 5.39 Å². The van der Waals surface area contributed by atoms with Gasteiger partial charge in [-0.25, -0.2) is 0 Å². The molecule has 0 aliphatic rings. The molecule has 0 saturated carbocycles. The molecule has 0 saturated heterocycles. The van der Waals surface area contributed by atoms with E-state index in [1.807, 2.05) is 25.1 Å². The Morgan fingerprint density at radius 3 is 3.08 bits per heavy atom. The predicted octanol–water partition coefficient (Wildman–Crippen LogP) is 1.58. The zero-order chi connectivity index (χ0) is 8.55. The third-order valence-electron chi connectivity index (χ3n) is 2.01. The van der Waals surface area contributed by atoms with Gasteiger partial charge < -0.3 is 5.21 Å². The molecule has 2 heteroatoms. The largest absolute Gasteiger partial charge is 0.618 e. The van der Waals surface area contributed by atoms with Gasteiger partial charge in [-0.15, -0.1) is 0 Å². The Balaban J connectivity index is 2.91. The lowest BCUT2D eigenvalue weighted by molar-refractivity contribution is -0.610. The zero-order valence-electron chi connectivity index (χ0n) is 6.74. The molecule has 2 rings (SSSR count). The molecule has 0 spiro atoms. The molecule has 1 aromatic carbocycles. The molecule has 0 aliphatic carbocycles. The fourth-order valence-electron chi connectivity index (χ4n) is 1.29. The lowest BCUT2D eigenvalue weighted by Crippen LogP contribution is -2.28. The van der Waals surface area contributed by atoms with E-state index in [0.717, 1.165) is 21.2 Å². The number of fused-ring (bicyclic) bond motifs is 1. The molecule has 59 valence electrons. The van der Waals surface area contributed by atoms with Crippen molar-refractivity contribution in [3.63, 3.8) is 0 Å². The van der Waals surface area contributed by atoms with Gasteiger partial charge in [0.25, 0.3) is 0 Å². The van der Waals surface area contributed by atoms with Crippen LogP contribution in [0.3, 0.4) is 0 Å². The quantitative estimate of drug-likeness (QED) is 0.422. The van der Waals surface area contributed by atoms with Gasteiger partial charge in [-0.2, -0.15) is 4.73 Å². The van der Waals surface area contributed by atoms with Crippen LogP contribution in [0.5, 0.6) is 0 Å². The Morgan fingerprint density at radius 2 is 2.25 bits per heavy atom. The maximum atomic E-state index is 11.1. The summed E-state index contributed by atoms with van der Waals surface area (Å²) in [6.07, 6.45) is 1.52. The van der Waals surface area contributed by atoms with Crippen LogP contribution in [0, 0.1) is 18.2 Å². The second-order valence-electron chi connectivity index (χ2n) is 2.74. The van der Waals surface area contributed by atoms with Crippen LogP contribution in [0.25, 0.3) is 10.8 Å². The zero-order valence-corrected chi connectivity index (χ0v) is 6.74. The van der Waals surface area contributed by atoms with Crippen LogP contribution in [0.2, 0.25) is 0 Å². The maximum absolute atomic E-state index is 11.1. The molecule has 0 bridgehead atoms. The van der Waals surface area contributed by atoms with Gasteiger partial charge in [0.1, 0.15) is 0 Å². The Hall–Kier alpha value is -1.57. The molecule has 0 aliphatic heterocycles. The summed E-state index contributed by atoms with van der Waals surface area (Å²) in [5.41, 5.74) is 0.738. The van der Waals surface area contributed by atoms with E-state index in [9.17, 15) is 5.21 Å². The topological polar surface area (TPSA) is 26.9 Å². The summed E-state index contributed by atoms with van der Waals surface area (Å²) in [7, 11) is 0. The minimum absolute atomic E-state index is 0.738. The smallest absolute Gasteiger partial charge is 0.197 e. The van der Waals surface area contributed by atoms with Crippen LogP contribution < -0.4 is 4.73 Å². The minimum Gasteiger partial charge on any atom is -0.618 e. The van der Waals surface area contributed by atoms with Gasteiger partial charge in [0, 0.05) is 13.0 Å². The van der Waals surface area contributed by atoms with Gasteiger partial charge in [-0.1, -0.05) is 6.07 Å². The molecule has 0 atom stereocenters. The first-order valence-corrected chi connectivity index (χ1v) is 3.77. The summed E-state index contributed by atoms with van der Waals surface area (Å²) in [6, 6.07) is 10.4. The first-order valence-electron chi connectivity index (χ1n) is 3.77. The monoisotopic (exact) mass is 158 g/mol. The van der Waals surface area contributed by atoms with Crippen molar-refractivity contribution in [2.24, 2.45) is 0 Å². The van der Waals surface area contributed by atoms with Crippen LogP contribution in [0.4, 0.5) is 0 Å². The highest BCUT2D eigenvalue weighted by Crippen LogP contribution is 2.13. The summed E-state index contributed by atoms with van der Waals surface area (Å²) in [5, 5.41) is 13.2. The van der Waals surface area contributed by atoms with E-state index in [2.05, 4.69) is 6.07 Å². The fraction of sp³-hybridized carbons (Fsp3) is 0.100. The molecule has 0 fully saturated rings. The summed E-state index contributed by atoms with van der Waals surface area (Å²) in [4.78, 5) is 0. The van der Waals surface area contributed by atoms with E-state index in [4.69, 9.17) is 0 Å². The first kappa shape index (κ1) is 7.10. The van der Waals surface area contributed by atoms with Crippen molar-refractivity contribution in [1.29, 1.82) is 0 Å². The number of rotatable bonds is 0. The number of aryl methyl sites for hydroxylation is 1. The van der Waals surface area contributed by atoms with Crippen LogP contribution in [-0.4, -0.2) is 0 Å². The molecule has 2 nitrogen and oxygen atoms in total. The Kier molecular flexibility index (Phi) is 1.47. The van der Waals surface area contributed by atoms with Gasteiger partial charge in [0.15, 0.2) is 11.9 Å². The van der Waals surface area contributed by atoms with Crippen molar-refractivity contribution in [3.8, 4) is 0 Å². The van der Waals surface area contributed by atoms with Gasteiger partial charge in [-0.3, -0.25) is 0 Å². The molecule has 12 heavy (non-hydrogen) atoms. The van der Waals surface area contributed by atoms with Crippen LogP contribution in [0.1, 0.15) is 5.69 Å². The van der Waals surface area contributed by atoms with E-state index in [1.165, 1.54) is 6.20 Å². The number of benzene rings is 1. The van der Waals surface area contributed by atoms with E-state index >= 15 is 0 Å². The lowest BCUT2D eigenvalue weighted by atomic mass is 10.1. The van der Waals surface area contributed by atoms with E-state index < -0.39 is 0 Å². The third kappa shape index (κ3) is 0.925. The van der Waals surface area contributed by atoms with Gasteiger partial charge in [0.2, 0.25) is 0 Å². The molecule has 1 radical (unpaired) electrons. The minimum atomic E-state index is 0.738. The average Bonchev–Trinajstić information content (AvgIpc) is 2.12. The second kappa shape index (κ2) is 2.48. The van der Waals surface area contributed by atoms with Crippen molar-refractivity contribution in [2.75, 3.05) is 0 Å². The van der Waals surface area contributed by atoms with Gasteiger partial charge >= 0.3 is 0 Å². The molecule has 1 aromatic heterocycles. The first-order chi connectivity index (χ1) is 5.79. The number of hydrogen-bond donors (Lipinski definition) is 0. The summed E-state index contributed by atoms with van der Waals surface area (Å²) in [5.74, 6) is 0. The van der Waals surface area contributed by atoms with Crippen molar-refractivity contribution in [3.05, 3.63) is 47.4 Å². The van der Waals surface area contributed by atoms with Crippen LogP contribution >= 0.6 is 0 Å². The number of pyridine rings is 1. The van der Waals surface area contributed by atoms with Crippen LogP contribution in [0.15, 0.2) is 30.5 Å². The van der Waals surface area contributed by atoms with Crippen LogP contribution in [-0.2, 0) is 0 Å². The summed E-state index contributed by atoms with van der Waals surface area (Å²) in [6.45, 7) is 1.81. The maximum Gasteiger partial charge on any atom is 0.197 e. The standard InChI is InChI=1S/C10H8NO/c1-8-10-5-3-2-4-9(10)6-7-11(8)12/h3-7H,1H3. The Labute approximate surface area is 70.7 Å². The average molecular weight is 158 g/mol. The summed E-state index contributed by atoms with van der Waals surface area (Å²) < 4.78 is 0.877. The van der Waals surface area contributed by atoms with Gasteiger partial charge in [-0.05, 0) is 23.6 Å². The van der Waals surface area contributed by atoms with Crippen molar-refractivity contribution >= 4 is 10.8 Å². The number of nitrogens with zero attached hydrogens (tertiary/aromatic N) is 1. The Morgan fingerprint density at radius 1 is 1.42 bits per heavy atom. The SMILES string of the molecule is Cc1c2cc[c]cc2cc[n+]1[O-]. The molecule has 1 heterocycles. The second-order valence-corrected chi connectivity index (χ2v) is 2.74. The molecular weight excluding hydrogens is 150 g/mol. The predicted molar refractivity (Wildman–Crippen MR) is 46.5 cm³/mol. The number of aromatic nitrogens is 1. The normalized spacial score (nSPS) is 10.4. The highest BCUT2D eigenvalue weighted by atomic mass is 16.5. The molecule has 2 aromatic rings. The van der Waals surface area contributed by atoms with E-state index in [-0.39, 0.29) is 0 Å². The van der Waals surface area contributed by atoms with Crippen molar-refractivity contribution in [2.45, 2.75) is 6.92 Å². The fourth-order valence-corrected chi connectivity index (χ4v) is 1.29. The third-order valence-corrected chi connectivity index (χ3v) is 2.01. The molecular formula is C10H8NO. The molecule has 0 N–H and O–H groups in total. The van der Waals surface area contributed by atoms with Crippen molar-refractivity contribution in [1.82, 2.24) is 0 Å². The molecule has 0 amide bonds.